The van der Waals surface area contributed by atoms with Gasteiger partial charge >= 0.3 is 0 Å². The molecule has 0 bridgehead atoms. The smallest absolute Gasteiger partial charge is 0.0314 e. The molecule has 0 unspecified atom stereocenters. The lowest BCUT2D eigenvalue weighted by atomic mass is 10.00. The van der Waals surface area contributed by atoms with Gasteiger partial charge in [-0.1, -0.05) is 36.4 Å². The number of rotatable bonds is 2. The molecule has 0 aliphatic rings. The van der Waals surface area contributed by atoms with Crippen LogP contribution in [-0.4, -0.2) is 0 Å². The topological polar surface area (TPSA) is 52.0 Å². The van der Waals surface area contributed by atoms with Crippen LogP contribution in [0.25, 0.3) is 11.1 Å². The average Bonchev–Trinajstić information content (AvgIpc) is 2.30. The normalized spacial score (nSPS) is 10.2. The molecule has 0 spiro atoms. The Hall–Kier alpha value is -1.80. The zero-order valence-electron chi connectivity index (χ0n) is 8.48. The Balaban J connectivity index is 2.49. The second kappa shape index (κ2) is 4.15. The van der Waals surface area contributed by atoms with Crippen molar-refractivity contribution < 1.29 is 0 Å². The minimum Gasteiger partial charge on any atom is -0.399 e. The third kappa shape index (κ3) is 2.00. The van der Waals surface area contributed by atoms with E-state index in [2.05, 4.69) is 6.07 Å². The molecule has 2 nitrogen and oxygen atoms in total. The summed E-state index contributed by atoms with van der Waals surface area (Å²) in [6, 6.07) is 16.0. The van der Waals surface area contributed by atoms with Gasteiger partial charge in [0.2, 0.25) is 0 Å². The van der Waals surface area contributed by atoms with Crippen molar-refractivity contribution in [3.63, 3.8) is 0 Å². The maximum Gasteiger partial charge on any atom is 0.0314 e. The molecule has 0 amide bonds. The van der Waals surface area contributed by atoms with Crippen molar-refractivity contribution >= 4 is 5.69 Å². The molecule has 15 heavy (non-hydrogen) atoms. The fourth-order valence-electron chi connectivity index (χ4n) is 1.64. The molecule has 0 radical (unpaired) electrons. The Morgan fingerprint density at radius 2 is 1.53 bits per heavy atom. The summed E-state index contributed by atoms with van der Waals surface area (Å²) in [5.41, 5.74) is 15.6. The van der Waals surface area contributed by atoms with E-state index in [0.717, 1.165) is 16.8 Å². The highest BCUT2D eigenvalue weighted by Crippen LogP contribution is 2.23. The lowest BCUT2D eigenvalue weighted by Crippen LogP contribution is -1.98. The van der Waals surface area contributed by atoms with Crippen LogP contribution < -0.4 is 11.5 Å². The molecule has 2 rings (SSSR count). The standard InChI is InChI=1S/C13H14N2/c14-9-11-3-1-2-4-13(11)10-5-7-12(15)8-6-10/h1-8H,9,14-15H2. The fourth-order valence-corrected chi connectivity index (χ4v) is 1.64. The summed E-state index contributed by atoms with van der Waals surface area (Å²) in [7, 11) is 0. The lowest BCUT2D eigenvalue weighted by Gasteiger charge is -2.07. The predicted octanol–water partition coefficient (Wildman–Crippen LogP) is 2.39. The summed E-state index contributed by atoms with van der Waals surface area (Å²) in [5.74, 6) is 0. The van der Waals surface area contributed by atoms with Gasteiger partial charge < -0.3 is 11.5 Å². The van der Waals surface area contributed by atoms with Crippen LogP contribution in [0.5, 0.6) is 0 Å². The SMILES string of the molecule is NCc1ccccc1-c1ccc(N)cc1. The van der Waals surface area contributed by atoms with Crippen LogP contribution in [0.15, 0.2) is 48.5 Å². The number of hydrogen-bond acceptors (Lipinski definition) is 2. The van der Waals surface area contributed by atoms with Crippen LogP contribution in [0.2, 0.25) is 0 Å². The first kappa shape index (κ1) is 9.74. The highest BCUT2D eigenvalue weighted by Gasteiger charge is 2.01. The van der Waals surface area contributed by atoms with E-state index in [0.29, 0.717) is 6.54 Å². The van der Waals surface area contributed by atoms with Gasteiger partial charge in [-0.3, -0.25) is 0 Å². The molecule has 2 heteroatoms. The molecule has 0 aromatic heterocycles. The van der Waals surface area contributed by atoms with E-state index in [1.54, 1.807) is 0 Å². The molecule has 0 saturated carbocycles. The van der Waals surface area contributed by atoms with E-state index in [4.69, 9.17) is 11.5 Å². The quantitative estimate of drug-likeness (QED) is 0.728. The zero-order valence-corrected chi connectivity index (χ0v) is 8.48. The second-order valence-electron chi connectivity index (χ2n) is 3.48. The maximum absolute atomic E-state index is 5.69. The predicted molar refractivity (Wildman–Crippen MR) is 64.2 cm³/mol. The van der Waals surface area contributed by atoms with Gasteiger partial charge in [-0.25, -0.2) is 0 Å². The number of benzene rings is 2. The van der Waals surface area contributed by atoms with E-state index < -0.39 is 0 Å². The largest absolute Gasteiger partial charge is 0.399 e. The minimum atomic E-state index is 0.556. The Labute approximate surface area is 89.5 Å². The van der Waals surface area contributed by atoms with Crippen molar-refractivity contribution in [2.45, 2.75) is 6.54 Å². The molecular formula is C13H14N2. The van der Waals surface area contributed by atoms with Gasteiger partial charge in [0.25, 0.3) is 0 Å². The molecule has 0 atom stereocenters. The maximum atomic E-state index is 5.69. The molecule has 0 aliphatic heterocycles. The van der Waals surface area contributed by atoms with Gasteiger partial charge in [-0.05, 0) is 28.8 Å². The monoisotopic (exact) mass is 198 g/mol. The molecule has 2 aromatic carbocycles. The van der Waals surface area contributed by atoms with Crippen molar-refractivity contribution in [2.24, 2.45) is 5.73 Å². The van der Waals surface area contributed by atoms with Crippen molar-refractivity contribution in [2.75, 3.05) is 5.73 Å². The zero-order chi connectivity index (χ0) is 10.7. The Morgan fingerprint density at radius 1 is 0.867 bits per heavy atom. The first-order valence-corrected chi connectivity index (χ1v) is 4.95. The first-order valence-electron chi connectivity index (χ1n) is 4.95. The van der Waals surface area contributed by atoms with E-state index >= 15 is 0 Å². The molecular weight excluding hydrogens is 184 g/mol. The Kier molecular flexibility index (Phi) is 2.70. The van der Waals surface area contributed by atoms with Crippen LogP contribution in [0.4, 0.5) is 5.69 Å². The highest BCUT2D eigenvalue weighted by molar-refractivity contribution is 5.68. The average molecular weight is 198 g/mol. The van der Waals surface area contributed by atoms with Crippen LogP contribution in [0.1, 0.15) is 5.56 Å². The lowest BCUT2D eigenvalue weighted by molar-refractivity contribution is 1.07. The van der Waals surface area contributed by atoms with Crippen molar-refractivity contribution in [1.82, 2.24) is 0 Å². The molecule has 0 aliphatic carbocycles. The number of anilines is 1. The summed E-state index contributed by atoms with van der Waals surface area (Å²) < 4.78 is 0. The fraction of sp³-hybridized carbons (Fsp3) is 0.0769. The van der Waals surface area contributed by atoms with Crippen LogP contribution in [-0.2, 0) is 6.54 Å². The van der Waals surface area contributed by atoms with Gasteiger partial charge in [0.05, 0.1) is 0 Å². The first-order chi connectivity index (χ1) is 7.31. The van der Waals surface area contributed by atoms with E-state index in [1.165, 1.54) is 5.56 Å². The third-order valence-electron chi connectivity index (χ3n) is 2.46. The van der Waals surface area contributed by atoms with Crippen LogP contribution >= 0.6 is 0 Å². The molecule has 4 N–H and O–H groups in total. The van der Waals surface area contributed by atoms with Gasteiger partial charge in [-0.15, -0.1) is 0 Å². The number of hydrogen-bond donors (Lipinski definition) is 2. The minimum absolute atomic E-state index is 0.556. The second-order valence-corrected chi connectivity index (χ2v) is 3.48. The summed E-state index contributed by atoms with van der Waals surface area (Å²) >= 11 is 0. The van der Waals surface area contributed by atoms with Crippen molar-refractivity contribution in [3.05, 3.63) is 54.1 Å². The summed E-state index contributed by atoms with van der Waals surface area (Å²) in [6.07, 6.45) is 0. The van der Waals surface area contributed by atoms with E-state index in [9.17, 15) is 0 Å². The van der Waals surface area contributed by atoms with Crippen LogP contribution in [0, 0.1) is 0 Å². The summed E-state index contributed by atoms with van der Waals surface area (Å²) in [6.45, 7) is 0.556. The molecule has 0 heterocycles. The number of nitrogen functional groups attached to an aromatic ring is 1. The molecule has 2 aromatic rings. The van der Waals surface area contributed by atoms with E-state index in [-0.39, 0.29) is 0 Å². The summed E-state index contributed by atoms with van der Waals surface area (Å²) in [4.78, 5) is 0. The summed E-state index contributed by atoms with van der Waals surface area (Å²) in [5, 5.41) is 0. The van der Waals surface area contributed by atoms with Gasteiger partial charge in [0.15, 0.2) is 0 Å². The Morgan fingerprint density at radius 3 is 2.20 bits per heavy atom. The van der Waals surface area contributed by atoms with Crippen molar-refractivity contribution in [1.29, 1.82) is 0 Å². The molecule has 76 valence electrons. The van der Waals surface area contributed by atoms with Gasteiger partial charge in [-0.2, -0.15) is 0 Å². The molecule has 0 saturated heterocycles. The third-order valence-corrected chi connectivity index (χ3v) is 2.46. The van der Waals surface area contributed by atoms with Crippen LogP contribution in [0.3, 0.4) is 0 Å². The molecule has 0 fully saturated rings. The van der Waals surface area contributed by atoms with Gasteiger partial charge in [0.1, 0.15) is 0 Å². The number of nitrogens with two attached hydrogens (primary N) is 2. The van der Waals surface area contributed by atoms with Gasteiger partial charge in [0, 0.05) is 12.2 Å². The highest BCUT2D eigenvalue weighted by atomic mass is 14.5. The van der Waals surface area contributed by atoms with E-state index in [1.807, 2.05) is 42.5 Å². The Bertz CT molecular complexity index is 446. The van der Waals surface area contributed by atoms with Crippen molar-refractivity contribution in [3.8, 4) is 11.1 Å².